The quantitative estimate of drug-likeness (QED) is 0.821. The molecule has 1 saturated heterocycles. The Kier molecular flexibility index (Phi) is 4.55. The lowest BCUT2D eigenvalue weighted by Gasteiger charge is -2.25. The number of hydrogen-bond acceptors (Lipinski definition) is 2. The number of aliphatic hydroxyl groups excluding tert-OH is 1. The molecule has 0 unspecified atom stereocenters. The molecule has 2 amide bonds. The summed E-state index contributed by atoms with van der Waals surface area (Å²) in [6.45, 7) is -0.0226. The van der Waals surface area contributed by atoms with Crippen molar-refractivity contribution in [1.82, 2.24) is 10.2 Å². The van der Waals surface area contributed by atoms with Crippen LogP contribution >= 0.6 is 0 Å². The van der Waals surface area contributed by atoms with E-state index in [0.29, 0.717) is 6.07 Å². The van der Waals surface area contributed by atoms with Gasteiger partial charge in [-0.15, -0.1) is 0 Å². The average molecular weight is 324 g/mol. The summed E-state index contributed by atoms with van der Waals surface area (Å²) in [5.41, 5.74) is -0.999. The van der Waals surface area contributed by atoms with Gasteiger partial charge in [0.25, 0.3) is 0 Å². The van der Waals surface area contributed by atoms with E-state index in [4.69, 9.17) is 0 Å². The van der Waals surface area contributed by atoms with E-state index >= 15 is 0 Å². The minimum Gasteiger partial charge on any atom is -0.391 e. The van der Waals surface area contributed by atoms with E-state index in [9.17, 15) is 31.9 Å². The summed E-state index contributed by atoms with van der Waals surface area (Å²) in [5, 5.41) is 10.9. The number of nitrogens with one attached hydrogen (secondary N) is 1. The number of benzene rings is 1. The number of carbonyl (C=O) groups is 1. The van der Waals surface area contributed by atoms with Crippen molar-refractivity contribution in [3.8, 4) is 0 Å². The van der Waals surface area contributed by atoms with E-state index in [1.807, 2.05) is 0 Å². The first kappa shape index (κ1) is 16.5. The van der Waals surface area contributed by atoms with E-state index in [1.165, 1.54) is 0 Å². The highest BCUT2D eigenvalue weighted by molar-refractivity contribution is 5.75. The van der Waals surface area contributed by atoms with Gasteiger partial charge in [-0.25, -0.2) is 13.6 Å². The maximum atomic E-state index is 13.6. The van der Waals surface area contributed by atoms with Crippen LogP contribution < -0.4 is 5.32 Å². The summed E-state index contributed by atoms with van der Waals surface area (Å²) in [5.74, 6) is -3.09. The lowest BCUT2D eigenvalue weighted by atomic mass is 10.1. The van der Waals surface area contributed by atoms with Gasteiger partial charge in [0.15, 0.2) is 17.7 Å². The second-order valence-corrected chi connectivity index (χ2v) is 4.96. The van der Waals surface area contributed by atoms with Gasteiger partial charge in [-0.3, -0.25) is 0 Å². The molecular weight excluding hydrogens is 311 g/mol. The molecule has 122 valence electrons. The number of hydrogen-bond donors (Lipinski definition) is 2. The van der Waals surface area contributed by atoms with Gasteiger partial charge in [0, 0.05) is 18.7 Å². The third-order valence-electron chi connectivity index (χ3n) is 3.34. The van der Waals surface area contributed by atoms with Crippen LogP contribution in [0.25, 0.3) is 0 Å². The van der Waals surface area contributed by atoms with E-state index in [0.717, 1.165) is 17.0 Å². The van der Waals surface area contributed by atoms with Crippen molar-refractivity contribution in [2.75, 3.05) is 13.1 Å². The number of aliphatic hydroxyl groups is 1. The fourth-order valence-corrected chi connectivity index (χ4v) is 2.22. The fraction of sp³-hybridized carbons (Fsp3) is 0.462. The lowest BCUT2D eigenvalue weighted by molar-refractivity contribution is -0.156. The molecule has 22 heavy (non-hydrogen) atoms. The molecule has 1 heterocycles. The fourth-order valence-electron chi connectivity index (χ4n) is 2.22. The first-order chi connectivity index (χ1) is 10.2. The van der Waals surface area contributed by atoms with Gasteiger partial charge in [-0.2, -0.15) is 13.2 Å². The Morgan fingerprint density at radius 3 is 2.59 bits per heavy atom. The lowest BCUT2D eigenvalue weighted by Crippen LogP contribution is -2.45. The van der Waals surface area contributed by atoms with Crippen molar-refractivity contribution in [3.05, 3.63) is 35.4 Å². The zero-order valence-corrected chi connectivity index (χ0v) is 11.2. The molecule has 0 bridgehead atoms. The minimum absolute atomic E-state index is 0.0865. The number of β-amino-alcohol motifs (C(OH)–C–C–N with tert-alkyl or cyclic N) is 1. The third-order valence-corrected chi connectivity index (χ3v) is 3.34. The zero-order chi connectivity index (χ0) is 16.5. The Hall–Kier alpha value is -1.90. The van der Waals surface area contributed by atoms with Crippen molar-refractivity contribution >= 4 is 6.03 Å². The van der Waals surface area contributed by atoms with Gasteiger partial charge in [-0.05, 0) is 12.5 Å². The second kappa shape index (κ2) is 6.07. The van der Waals surface area contributed by atoms with Crippen molar-refractivity contribution in [3.63, 3.8) is 0 Å². The summed E-state index contributed by atoms with van der Waals surface area (Å²) in [6.07, 6.45) is -5.55. The second-order valence-electron chi connectivity index (χ2n) is 4.96. The molecule has 4 nitrogen and oxygen atoms in total. The molecule has 1 aliphatic rings. The first-order valence-corrected chi connectivity index (χ1v) is 6.44. The SMILES string of the molecule is O=C(N[C@H](c1cccc(F)c1F)C(F)(F)F)N1CC[C@H](O)C1. The van der Waals surface area contributed by atoms with Crippen molar-refractivity contribution in [2.24, 2.45) is 0 Å². The van der Waals surface area contributed by atoms with Gasteiger partial charge < -0.3 is 15.3 Å². The highest BCUT2D eigenvalue weighted by Crippen LogP contribution is 2.34. The predicted molar refractivity (Wildman–Crippen MR) is 65.9 cm³/mol. The number of carbonyl (C=O) groups excluding carboxylic acids is 1. The summed E-state index contributed by atoms with van der Waals surface area (Å²) in [4.78, 5) is 12.8. The van der Waals surface area contributed by atoms with E-state index < -0.39 is 41.6 Å². The van der Waals surface area contributed by atoms with Gasteiger partial charge >= 0.3 is 12.2 Å². The summed E-state index contributed by atoms with van der Waals surface area (Å²) in [7, 11) is 0. The molecule has 1 aliphatic heterocycles. The average Bonchev–Trinajstić information content (AvgIpc) is 2.85. The maximum absolute atomic E-state index is 13.6. The van der Waals surface area contributed by atoms with Crippen LogP contribution in [0.2, 0.25) is 0 Å². The van der Waals surface area contributed by atoms with Crippen molar-refractivity contribution in [2.45, 2.75) is 24.7 Å². The van der Waals surface area contributed by atoms with Crippen molar-refractivity contribution < 1.29 is 31.9 Å². The number of nitrogens with zero attached hydrogens (tertiary/aromatic N) is 1. The molecule has 2 atom stereocenters. The highest BCUT2D eigenvalue weighted by atomic mass is 19.4. The van der Waals surface area contributed by atoms with E-state index in [-0.39, 0.29) is 19.5 Å². The van der Waals surface area contributed by atoms with Gasteiger partial charge in [-0.1, -0.05) is 12.1 Å². The third kappa shape index (κ3) is 3.46. The number of rotatable bonds is 2. The molecule has 2 N–H and O–H groups in total. The summed E-state index contributed by atoms with van der Waals surface area (Å²) < 4.78 is 65.9. The van der Waals surface area contributed by atoms with Crippen LogP contribution in [0.1, 0.15) is 18.0 Å². The Bertz CT molecular complexity index is 564. The molecule has 1 fully saturated rings. The smallest absolute Gasteiger partial charge is 0.391 e. The molecule has 0 aliphatic carbocycles. The molecule has 0 aromatic heterocycles. The van der Waals surface area contributed by atoms with Crippen LogP contribution in [0.15, 0.2) is 18.2 Å². The molecule has 0 radical (unpaired) electrons. The minimum atomic E-state index is -5.00. The van der Waals surface area contributed by atoms with Crippen LogP contribution in [-0.4, -0.2) is 41.4 Å². The Morgan fingerprint density at radius 1 is 1.36 bits per heavy atom. The summed E-state index contributed by atoms with van der Waals surface area (Å²) in [6, 6.07) is -1.39. The standard InChI is InChI=1S/C13H13F5N2O2/c14-9-3-1-2-8(10(9)15)11(13(16,17)18)19-12(22)20-5-4-7(21)6-20/h1-3,7,11,21H,4-6H2,(H,19,22)/t7-,11+/m0/s1. The van der Waals surface area contributed by atoms with Crippen LogP contribution in [0.4, 0.5) is 26.7 Å². The van der Waals surface area contributed by atoms with Crippen LogP contribution in [0.3, 0.4) is 0 Å². The van der Waals surface area contributed by atoms with Gasteiger partial charge in [0.1, 0.15) is 0 Å². The van der Waals surface area contributed by atoms with Gasteiger partial charge in [0.2, 0.25) is 0 Å². The maximum Gasteiger partial charge on any atom is 0.413 e. The summed E-state index contributed by atoms with van der Waals surface area (Å²) >= 11 is 0. The number of likely N-dealkylation sites (tertiary alicyclic amines) is 1. The predicted octanol–water partition coefficient (Wildman–Crippen LogP) is 2.34. The number of amides is 2. The Balaban J connectivity index is 2.24. The highest BCUT2D eigenvalue weighted by Gasteiger charge is 2.44. The molecule has 2 rings (SSSR count). The molecule has 0 saturated carbocycles. The molecular formula is C13H13F5N2O2. The van der Waals surface area contributed by atoms with Crippen LogP contribution in [0.5, 0.6) is 0 Å². The monoisotopic (exact) mass is 324 g/mol. The van der Waals surface area contributed by atoms with Crippen LogP contribution in [-0.2, 0) is 0 Å². The van der Waals surface area contributed by atoms with Gasteiger partial charge in [0.05, 0.1) is 6.10 Å². The largest absolute Gasteiger partial charge is 0.413 e. The zero-order valence-electron chi connectivity index (χ0n) is 11.2. The number of alkyl halides is 3. The number of urea groups is 1. The Labute approximate surface area is 122 Å². The van der Waals surface area contributed by atoms with E-state index in [1.54, 1.807) is 5.32 Å². The Morgan fingerprint density at radius 2 is 2.05 bits per heavy atom. The normalized spacial score (nSPS) is 20.1. The molecule has 1 aromatic carbocycles. The molecule has 0 spiro atoms. The first-order valence-electron chi connectivity index (χ1n) is 6.44. The number of halogens is 5. The van der Waals surface area contributed by atoms with Crippen molar-refractivity contribution in [1.29, 1.82) is 0 Å². The molecule has 9 heteroatoms. The van der Waals surface area contributed by atoms with Crippen LogP contribution in [0, 0.1) is 11.6 Å². The topological polar surface area (TPSA) is 52.6 Å². The van der Waals surface area contributed by atoms with E-state index in [2.05, 4.69) is 0 Å². The molecule has 1 aromatic rings.